The molecule has 0 atom stereocenters. The molecule has 0 spiro atoms. The fraction of sp³-hybridized carbons (Fsp3) is 0.444. The molecule has 0 saturated carbocycles. The lowest BCUT2D eigenvalue weighted by atomic mass is 10.2. The van der Waals surface area contributed by atoms with Gasteiger partial charge in [0.1, 0.15) is 0 Å². The molecule has 0 unspecified atom stereocenters. The first-order valence-corrected chi connectivity index (χ1v) is 4.05. The van der Waals surface area contributed by atoms with Gasteiger partial charge in [-0.15, -0.1) is 0 Å². The molecule has 0 aromatic carbocycles. The molecule has 0 bridgehead atoms. The van der Waals surface area contributed by atoms with Crippen molar-refractivity contribution in [1.29, 1.82) is 0 Å². The Morgan fingerprint density at radius 1 is 1.50 bits per heavy atom. The van der Waals surface area contributed by atoms with Crippen LogP contribution in [0, 0.1) is 12.9 Å². The Labute approximate surface area is 72.6 Å². The molecule has 1 aromatic rings. The highest BCUT2D eigenvalue weighted by Crippen LogP contribution is 2.04. The molecular weight excluding hydrogens is 155 g/mol. The van der Waals surface area contributed by atoms with Gasteiger partial charge in [-0.3, -0.25) is 0 Å². The van der Waals surface area contributed by atoms with Crippen LogP contribution in [0.1, 0.15) is 25.0 Å². The van der Waals surface area contributed by atoms with E-state index in [-0.39, 0.29) is 6.54 Å². The predicted molar refractivity (Wildman–Crippen MR) is 48.2 cm³/mol. The zero-order valence-corrected chi connectivity index (χ0v) is 7.76. The van der Waals surface area contributed by atoms with Gasteiger partial charge in [0.2, 0.25) is 5.95 Å². The lowest BCUT2D eigenvalue weighted by Gasteiger charge is -1.97. The second-order valence-electron chi connectivity index (χ2n) is 2.17. The molecular formula is C9H15FN2. The van der Waals surface area contributed by atoms with Crippen LogP contribution in [0.5, 0.6) is 0 Å². The van der Waals surface area contributed by atoms with Gasteiger partial charge >= 0.3 is 0 Å². The van der Waals surface area contributed by atoms with Crippen LogP contribution in [0.15, 0.2) is 12.3 Å². The van der Waals surface area contributed by atoms with Crippen molar-refractivity contribution >= 4 is 0 Å². The van der Waals surface area contributed by atoms with Gasteiger partial charge in [-0.2, -0.15) is 4.39 Å². The van der Waals surface area contributed by atoms with E-state index in [4.69, 9.17) is 5.73 Å². The quantitative estimate of drug-likeness (QED) is 0.655. The fourth-order valence-corrected chi connectivity index (χ4v) is 0.756. The van der Waals surface area contributed by atoms with Crippen molar-refractivity contribution in [2.45, 2.75) is 27.3 Å². The van der Waals surface area contributed by atoms with Crippen LogP contribution in [-0.4, -0.2) is 4.98 Å². The number of pyridine rings is 1. The minimum absolute atomic E-state index is 0.209. The highest BCUT2D eigenvalue weighted by Gasteiger charge is 1.99. The van der Waals surface area contributed by atoms with Crippen molar-refractivity contribution in [3.8, 4) is 0 Å². The molecule has 1 rings (SSSR count). The Morgan fingerprint density at radius 2 is 2.08 bits per heavy atom. The maximum Gasteiger partial charge on any atom is 0.217 e. The molecule has 12 heavy (non-hydrogen) atoms. The minimum atomic E-state index is -0.465. The van der Waals surface area contributed by atoms with E-state index in [1.165, 1.54) is 6.20 Å². The standard InChI is InChI=1S/C7H9FN2.C2H6/c1-5-2-6(3-9)7(8)10-4-5;1-2/h2,4H,3,9H2,1H3;1-2H3. The van der Waals surface area contributed by atoms with Crippen LogP contribution in [0.25, 0.3) is 0 Å². The maximum absolute atomic E-state index is 12.6. The third-order valence-corrected chi connectivity index (χ3v) is 1.27. The van der Waals surface area contributed by atoms with Crippen LogP contribution >= 0.6 is 0 Å². The monoisotopic (exact) mass is 170 g/mol. The molecule has 0 amide bonds. The number of rotatable bonds is 1. The summed E-state index contributed by atoms with van der Waals surface area (Å²) in [4.78, 5) is 3.50. The van der Waals surface area contributed by atoms with Gasteiger partial charge in [-0.25, -0.2) is 4.98 Å². The summed E-state index contributed by atoms with van der Waals surface area (Å²) < 4.78 is 12.6. The zero-order chi connectivity index (χ0) is 9.56. The molecule has 1 aromatic heterocycles. The smallest absolute Gasteiger partial charge is 0.217 e. The minimum Gasteiger partial charge on any atom is -0.326 e. The van der Waals surface area contributed by atoms with Crippen LogP contribution in [0.2, 0.25) is 0 Å². The van der Waals surface area contributed by atoms with E-state index in [9.17, 15) is 4.39 Å². The first-order chi connectivity index (χ1) is 5.74. The van der Waals surface area contributed by atoms with Crippen molar-refractivity contribution in [3.63, 3.8) is 0 Å². The van der Waals surface area contributed by atoms with Gasteiger partial charge in [0.05, 0.1) is 0 Å². The molecule has 2 nitrogen and oxygen atoms in total. The average molecular weight is 170 g/mol. The molecule has 3 heteroatoms. The highest BCUT2D eigenvalue weighted by atomic mass is 19.1. The Bertz CT molecular complexity index is 236. The largest absolute Gasteiger partial charge is 0.326 e. The van der Waals surface area contributed by atoms with Crippen LogP contribution in [0.3, 0.4) is 0 Å². The van der Waals surface area contributed by atoms with E-state index in [0.29, 0.717) is 5.56 Å². The van der Waals surface area contributed by atoms with E-state index >= 15 is 0 Å². The zero-order valence-electron chi connectivity index (χ0n) is 7.76. The lowest BCUT2D eigenvalue weighted by molar-refractivity contribution is 0.566. The second kappa shape index (κ2) is 5.66. The van der Waals surface area contributed by atoms with Crippen molar-refractivity contribution in [2.24, 2.45) is 5.73 Å². The van der Waals surface area contributed by atoms with E-state index in [2.05, 4.69) is 4.98 Å². The van der Waals surface area contributed by atoms with Crippen LogP contribution in [-0.2, 0) is 6.54 Å². The molecule has 0 aliphatic heterocycles. The summed E-state index contributed by atoms with van der Waals surface area (Å²) in [5.41, 5.74) is 6.64. The van der Waals surface area contributed by atoms with Gasteiger partial charge in [-0.1, -0.05) is 13.8 Å². The molecule has 0 saturated heterocycles. The number of halogens is 1. The average Bonchev–Trinajstić information content (AvgIpc) is 2.13. The highest BCUT2D eigenvalue weighted by molar-refractivity contribution is 5.17. The van der Waals surface area contributed by atoms with Crippen molar-refractivity contribution in [1.82, 2.24) is 4.98 Å². The molecule has 1 heterocycles. The molecule has 68 valence electrons. The Balaban J connectivity index is 0.000000561. The van der Waals surface area contributed by atoms with Gasteiger partial charge in [0.15, 0.2) is 0 Å². The van der Waals surface area contributed by atoms with Crippen molar-refractivity contribution < 1.29 is 4.39 Å². The van der Waals surface area contributed by atoms with Gasteiger partial charge < -0.3 is 5.73 Å². The number of aromatic nitrogens is 1. The summed E-state index contributed by atoms with van der Waals surface area (Å²) in [6, 6.07) is 1.70. The Hall–Kier alpha value is -0.960. The first kappa shape index (κ1) is 11.0. The SMILES string of the molecule is CC.Cc1cnc(F)c(CN)c1. The van der Waals surface area contributed by atoms with E-state index < -0.39 is 5.95 Å². The summed E-state index contributed by atoms with van der Waals surface area (Å²) in [6.07, 6.45) is 1.48. The summed E-state index contributed by atoms with van der Waals surface area (Å²) in [6.45, 7) is 6.06. The second-order valence-corrected chi connectivity index (χ2v) is 2.17. The van der Waals surface area contributed by atoms with Crippen molar-refractivity contribution in [2.75, 3.05) is 0 Å². The summed E-state index contributed by atoms with van der Waals surface area (Å²) in [5.74, 6) is -0.465. The summed E-state index contributed by atoms with van der Waals surface area (Å²) in [7, 11) is 0. The lowest BCUT2D eigenvalue weighted by Crippen LogP contribution is -2.01. The molecule has 0 fully saturated rings. The summed E-state index contributed by atoms with van der Waals surface area (Å²) >= 11 is 0. The Morgan fingerprint density at radius 3 is 2.50 bits per heavy atom. The number of nitrogens with zero attached hydrogens (tertiary/aromatic N) is 1. The maximum atomic E-state index is 12.6. The summed E-state index contributed by atoms with van der Waals surface area (Å²) in [5, 5.41) is 0. The third kappa shape index (κ3) is 2.96. The van der Waals surface area contributed by atoms with Gasteiger partial charge in [-0.05, 0) is 18.6 Å². The normalized spacial score (nSPS) is 8.75. The topological polar surface area (TPSA) is 38.9 Å². The number of hydrogen-bond acceptors (Lipinski definition) is 2. The van der Waals surface area contributed by atoms with E-state index in [0.717, 1.165) is 5.56 Å². The van der Waals surface area contributed by atoms with E-state index in [1.54, 1.807) is 6.07 Å². The van der Waals surface area contributed by atoms with Crippen molar-refractivity contribution in [3.05, 3.63) is 29.3 Å². The van der Waals surface area contributed by atoms with Gasteiger partial charge in [0.25, 0.3) is 0 Å². The fourth-order valence-electron chi connectivity index (χ4n) is 0.756. The van der Waals surface area contributed by atoms with Gasteiger partial charge in [0, 0.05) is 18.3 Å². The molecule has 0 aliphatic carbocycles. The number of hydrogen-bond donors (Lipinski definition) is 1. The molecule has 0 radical (unpaired) electrons. The number of aryl methyl sites for hydroxylation is 1. The molecule has 0 aliphatic rings. The third-order valence-electron chi connectivity index (χ3n) is 1.27. The molecule has 2 N–H and O–H groups in total. The predicted octanol–water partition coefficient (Wildman–Crippen LogP) is 2.01. The van der Waals surface area contributed by atoms with E-state index in [1.807, 2.05) is 20.8 Å². The first-order valence-electron chi connectivity index (χ1n) is 4.05. The number of nitrogens with two attached hydrogens (primary N) is 1. The Kier molecular flexibility index (Phi) is 5.21. The van der Waals surface area contributed by atoms with Crippen LogP contribution in [0.4, 0.5) is 4.39 Å². The van der Waals surface area contributed by atoms with Crippen LogP contribution < -0.4 is 5.73 Å².